The molecule has 1 aromatic heterocycles. The largest absolute Gasteiger partial charge is 0.311 e. The summed E-state index contributed by atoms with van der Waals surface area (Å²) in [4.78, 5) is 5.63. The highest BCUT2D eigenvalue weighted by Crippen LogP contribution is 2.63. The SMILES string of the molecule is Cc1ccc2c(c1)B1c3sc4cc5c(cc4c3N(c3ccc4c(c3)C(C)(C)CCC4(C)C)c3cc(C46CC7CC(CC(C7)C4)C6)cc(c31)N2c1ccc(C(C)(C)C)cc1-c1ccccc1)C(C)(C)CCC5(C)C. The Morgan fingerprint density at radius 3 is 1.75 bits per heavy atom. The number of rotatable bonds is 4. The smallest absolute Gasteiger partial charge is 0.264 e. The first-order valence-corrected chi connectivity index (χ1v) is 29.3. The molecule has 4 fully saturated rings. The number of anilines is 6. The van der Waals surface area contributed by atoms with E-state index in [0.717, 1.165) is 17.8 Å². The highest BCUT2D eigenvalue weighted by atomic mass is 32.1. The molecule has 372 valence electrons. The summed E-state index contributed by atoms with van der Waals surface area (Å²) in [7, 11) is 0. The van der Waals surface area contributed by atoms with Crippen LogP contribution in [0.5, 0.6) is 0 Å². The molecule has 0 N–H and O–H groups in total. The molecular formula is C69H77BN2S. The van der Waals surface area contributed by atoms with Gasteiger partial charge in [-0.1, -0.05) is 136 Å². The lowest BCUT2D eigenvalue weighted by Crippen LogP contribution is -2.61. The van der Waals surface area contributed by atoms with E-state index in [2.05, 4.69) is 213 Å². The average Bonchev–Trinajstić information content (AvgIpc) is 3.72. The van der Waals surface area contributed by atoms with Gasteiger partial charge in [0.25, 0.3) is 6.71 Å². The summed E-state index contributed by atoms with van der Waals surface area (Å²) in [6, 6.07) is 45.0. The van der Waals surface area contributed by atoms with E-state index in [4.69, 9.17) is 0 Å². The van der Waals surface area contributed by atoms with Crippen LogP contribution in [0.3, 0.4) is 0 Å². The Bertz CT molecular complexity index is 3430. The molecule has 6 aromatic carbocycles. The molecule has 2 nitrogen and oxygen atoms in total. The molecule has 7 aromatic rings. The molecule has 0 spiro atoms. The van der Waals surface area contributed by atoms with Crippen LogP contribution < -0.4 is 25.5 Å². The van der Waals surface area contributed by atoms with Gasteiger partial charge in [-0.2, -0.15) is 0 Å². The zero-order valence-corrected chi connectivity index (χ0v) is 46.9. The Morgan fingerprint density at radius 1 is 0.548 bits per heavy atom. The zero-order valence-electron chi connectivity index (χ0n) is 46.1. The van der Waals surface area contributed by atoms with E-state index in [1.165, 1.54) is 158 Å². The van der Waals surface area contributed by atoms with Crippen LogP contribution in [0.4, 0.5) is 34.1 Å². The van der Waals surface area contributed by atoms with Crippen LogP contribution in [0.25, 0.3) is 21.2 Å². The number of fused-ring (bicyclic) bond motifs is 8. The van der Waals surface area contributed by atoms with Crippen LogP contribution in [-0.4, -0.2) is 6.71 Å². The molecule has 0 radical (unpaired) electrons. The molecule has 4 bridgehead atoms. The summed E-state index contributed by atoms with van der Waals surface area (Å²) in [6.07, 6.45) is 13.1. The van der Waals surface area contributed by atoms with Gasteiger partial charge in [-0.05, 0) is 226 Å². The predicted molar refractivity (Wildman–Crippen MR) is 315 cm³/mol. The first-order valence-electron chi connectivity index (χ1n) is 28.4. The topological polar surface area (TPSA) is 6.48 Å². The van der Waals surface area contributed by atoms with Crippen molar-refractivity contribution in [1.82, 2.24) is 0 Å². The van der Waals surface area contributed by atoms with Crippen molar-refractivity contribution in [1.29, 1.82) is 0 Å². The fourth-order valence-electron chi connectivity index (χ4n) is 16.7. The normalized spacial score (nSPS) is 25.3. The summed E-state index contributed by atoms with van der Waals surface area (Å²) in [5.74, 6) is 2.53. The number of thiophene rings is 1. The maximum atomic E-state index is 2.86. The van der Waals surface area contributed by atoms with Crippen LogP contribution in [-0.2, 0) is 32.5 Å². The van der Waals surface area contributed by atoms with Gasteiger partial charge in [0.05, 0.1) is 11.4 Å². The Kier molecular flexibility index (Phi) is 9.74. The van der Waals surface area contributed by atoms with Crippen molar-refractivity contribution in [2.75, 3.05) is 9.80 Å². The molecule has 0 saturated heterocycles. The first kappa shape index (κ1) is 46.5. The van der Waals surface area contributed by atoms with Crippen LogP contribution >= 0.6 is 11.3 Å². The summed E-state index contributed by atoms with van der Waals surface area (Å²) in [5.41, 5.74) is 24.7. The molecule has 8 aliphatic rings. The van der Waals surface area contributed by atoms with Crippen molar-refractivity contribution in [3.63, 3.8) is 0 Å². The number of nitrogens with zero attached hydrogens (tertiary/aromatic N) is 2. The highest BCUT2D eigenvalue weighted by molar-refractivity contribution is 7.33. The molecule has 0 unspecified atom stereocenters. The molecule has 4 saturated carbocycles. The Hall–Kier alpha value is -5.06. The van der Waals surface area contributed by atoms with E-state index in [9.17, 15) is 0 Å². The van der Waals surface area contributed by atoms with Crippen LogP contribution in [0.2, 0.25) is 0 Å². The van der Waals surface area contributed by atoms with Gasteiger partial charge in [-0.15, -0.1) is 11.3 Å². The average molecular weight is 977 g/mol. The maximum Gasteiger partial charge on any atom is 0.264 e. The zero-order chi connectivity index (χ0) is 50.5. The van der Waals surface area contributed by atoms with Gasteiger partial charge in [-0.3, -0.25) is 0 Å². The summed E-state index contributed by atoms with van der Waals surface area (Å²) in [5, 5.41) is 1.44. The third kappa shape index (κ3) is 6.86. The van der Waals surface area contributed by atoms with E-state index in [1.807, 2.05) is 0 Å². The van der Waals surface area contributed by atoms with Crippen molar-refractivity contribution < 1.29 is 0 Å². The minimum absolute atomic E-state index is 0.00203. The lowest BCUT2D eigenvalue weighted by atomic mass is 9.36. The Labute approximate surface area is 442 Å². The summed E-state index contributed by atoms with van der Waals surface area (Å²) < 4.78 is 2.94. The maximum absolute atomic E-state index is 2.86. The first-order chi connectivity index (χ1) is 34.6. The summed E-state index contributed by atoms with van der Waals surface area (Å²) >= 11 is 2.10. The van der Waals surface area contributed by atoms with Gasteiger partial charge < -0.3 is 9.80 Å². The standard InChI is InChI=1S/C69H77BN2S/c1-41-18-22-57-55(28-41)70-61-58(33-47(69-38-42-29-43(39-69)31-44(30-42)40-69)34-59(61)72(57)56-23-19-46(64(2,3)4)32-49(56)45-16-14-13-15-17-45)71(48-20-21-51-52(35-48)66(7,8)25-24-65(51,5)6)62-50-36-53-54(37-60(50)73-63(62)70)68(11,12)27-26-67(53,9)10/h13-23,28,32-37,42-44H,24-27,29-31,38-40H2,1-12H3. The molecule has 3 heterocycles. The van der Waals surface area contributed by atoms with E-state index in [-0.39, 0.29) is 39.2 Å². The molecule has 4 heteroatoms. The molecule has 0 amide bonds. The second-order valence-corrected chi connectivity index (χ2v) is 29.7. The minimum Gasteiger partial charge on any atom is -0.311 e. The molecule has 0 atom stereocenters. The van der Waals surface area contributed by atoms with E-state index in [0.29, 0.717) is 0 Å². The van der Waals surface area contributed by atoms with Gasteiger partial charge in [0.15, 0.2) is 0 Å². The molecule has 73 heavy (non-hydrogen) atoms. The number of aryl methyl sites for hydroxylation is 1. The van der Waals surface area contributed by atoms with Gasteiger partial charge in [-0.25, -0.2) is 0 Å². The molecule has 15 rings (SSSR count). The third-order valence-electron chi connectivity index (χ3n) is 20.7. The fourth-order valence-corrected chi connectivity index (χ4v) is 18.1. The van der Waals surface area contributed by atoms with Crippen LogP contribution in [0, 0.1) is 24.7 Å². The molecule has 2 aliphatic heterocycles. The van der Waals surface area contributed by atoms with Crippen molar-refractivity contribution in [2.24, 2.45) is 17.8 Å². The van der Waals surface area contributed by atoms with Crippen molar-refractivity contribution in [2.45, 2.75) is 180 Å². The lowest BCUT2D eigenvalue weighted by Gasteiger charge is -2.57. The van der Waals surface area contributed by atoms with Gasteiger partial charge >= 0.3 is 0 Å². The Morgan fingerprint density at radius 2 is 1.12 bits per heavy atom. The van der Waals surface area contributed by atoms with E-state index in [1.54, 1.807) is 16.7 Å². The number of hydrogen-bond donors (Lipinski definition) is 0. The van der Waals surface area contributed by atoms with E-state index >= 15 is 0 Å². The monoisotopic (exact) mass is 977 g/mol. The second-order valence-electron chi connectivity index (χ2n) is 28.6. The quantitative estimate of drug-likeness (QED) is 0.162. The molecule has 6 aliphatic carbocycles. The number of benzene rings is 6. The third-order valence-corrected chi connectivity index (χ3v) is 21.9. The lowest BCUT2D eigenvalue weighted by molar-refractivity contribution is -0.00514. The number of hydrogen-bond acceptors (Lipinski definition) is 3. The van der Waals surface area contributed by atoms with Crippen LogP contribution in [0.15, 0.2) is 109 Å². The van der Waals surface area contributed by atoms with Crippen molar-refractivity contribution in [3.05, 3.63) is 148 Å². The van der Waals surface area contributed by atoms with Crippen LogP contribution in [0.1, 0.15) is 179 Å². The second kappa shape index (κ2) is 15.3. The van der Waals surface area contributed by atoms with Crippen molar-refractivity contribution in [3.8, 4) is 11.1 Å². The van der Waals surface area contributed by atoms with Gasteiger partial charge in [0.1, 0.15) is 0 Å². The fraction of sp³-hybridized carbons (Fsp3) is 0.449. The summed E-state index contributed by atoms with van der Waals surface area (Å²) in [6.45, 7) is 29.5. The highest BCUT2D eigenvalue weighted by Gasteiger charge is 2.54. The van der Waals surface area contributed by atoms with Gasteiger partial charge in [0.2, 0.25) is 0 Å². The van der Waals surface area contributed by atoms with Gasteiger partial charge in [0, 0.05) is 43.2 Å². The molecular weight excluding hydrogens is 900 g/mol. The van der Waals surface area contributed by atoms with E-state index < -0.39 is 0 Å². The van der Waals surface area contributed by atoms with Crippen molar-refractivity contribution >= 4 is 78.0 Å². The Balaban J connectivity index is 1.12. The minimum atomic E-state index is 0.00203. The predicted octanol–water partition coefficient (Wildman–Crippen LogP) is 17.4.